The molecule has 0 aliphatic heterocycles. The normalized spacial score (nSPS) is 1.60. The van der Waals surface area contributed by atoms with Gasteiger partial charge in [0.1, 0.15) is 0 Å². The fraction of sp³-hybridized carbons (Fsp3) is 0. The minimum Gasteiger partial charge on any atom is -0.521 e. The van der Waals surface area contributed by atoms with Gasteiger partial charge in [0.25, 0.3) is 0 Å². The molecule has 0 nitrogen and oxygen atoms in total. The van der Waals surface area contributed by atoms with Gasteiger partial charge < -0.3 is 13.2 Å². The average molecular weight is 63.1 g/mol. The van der Waals surface area contributed by atoms with Gasteiger partial charge in [0.15, 0.2) is 0 Å². The summed E-state index contributed by atoms with van der Waals surface area (Å²) in [7, 11) is 0. The van der Waals surface area contributed by atoms with Gasteiger partial charge in [0, 0.05) is 0 Å². The van der Waals surface area contributed by atoms with Crippen molar-refractivity contribution >= 4 is 10.1 Å². The molecule has 0 unspecified atom stereocenters. The van der Waals surface area contributed by atoms with Crippen LogP contribution in [0.3, 0.4) is 0 Å². The Morgan fingerprint density at radius 3 is 0.800 bits per heavy atom. The van der Waals surface area contributed by atoms with Crippen LogP contribution >= 0.6 is 0 Å². The van der Waals surface area contributed by atoms with Gasteiger partial charge in [0.2, 0.25) is 0 Å². The molecule has 0 aliphatic carbocycles. The van der Waals surface area contributed by atoms with E-state index in [1.165, 1.54) is 0 Å². The van der Waals surface area contributed by atoms with Crippen LogP contribution < -0.4 is 0 Å². The van der Waals surface area contributed by atoms with Crippen LogP contribution in [0.1, 0.15) is 0 Å². The quantitative estimate of drug-likeness (QED) is 0.288. The van der Waals surface area contributed by atoms with Crippen molar-refractivity contribution in [1.82, 2.24) is 0 Å². The van der Waals surface area contributed by atoms with Crippen LogP contribution in [-0.4, -0.2) is 10.1 Å². The third-order valence-electron chi connectivity index (χ3n) is 0. The van der Waals surface area contributed by atoms with Crippen molar-refractivity contribution in [2.75, 3.05) is 0 Å². The second-order valence-electron chi connectivity index (χ2n) is 0. The Hall–Kier alpha value is -0.351. The minimum atomic E-state index is 0. The van der Waals surface area contributed by atoms with Gasteiger partial charge in [-0.2, -0.15) is 0 Å². The van der Waals surface area contributed by atoms with E-state index in [1.807, 2.05) is 0 Å². The zero-order chi connectivity index (χ0) is 4.00. The van der Waals surface area contributed by atoms with Crippen molar-refractivity contribution in [3.05, 3.63) is 26.3 Å². The topological polar surface area (TPSA) is 0 Å². The van der Waals surface area contributed by atoms with E-state index in [4.69, 9.17) is 0 Å². The Kier molecular flexibility index (Phi) is 945. The molecule has 0 atom stereocenters. The third kappa shape index (κ3) is 80.4. The van der Waals surface area contributed by atoms with Crippen LogP contribution in [0.2, 0.25) is 0 Å². The van der Waals surface area contributed by atoms with Crippen molar-refractivity contribution in [3.8, 4) is 0 Å². The molecule has 1 heteroatoms. The minimum absolute atomic E-state index is 0. The van der Waals surface area contributed by atoms with Crippen molar-refractivity contribution in [1.29, 1.82) is 0 Å². The maximum atomic E-state index is 4.25. The van der Waals surface area contributed by atoms with Crippen LogP contribution in [0.25, 0.3) is 0 Å². The van der Waals surface area contributed by atoms with Crippen molar-refractivity contribution in [2.24, 2.45) is 0 Å². The molecule has 0 amide bonds. The first kappa shape index (κ1) is 22.8. The number of rotatable bonds is 0. The fourth-order valence-electron chi connectivity index (χ4n) is 0. The molecule has 0 aromatic heterocycles. The van der Waals surface area contributed by atoms with Crippen LogP contribution in [-0.2, 0) is 0 Å². The maximum absolute atomic E-state index is 4.25. The molecule has 0 aliphatic rings. The Labute approximate surface area is 37.4 Å². The summed E-state index contributed by atoms with van der Waals surface area (Å²) in [6.07, 6.45) is 0. The molecular weight excluding hydrogens is 57.1 g/mol. The van der Waals surface area contributed by atoms with E-state index in [9.17, 15) is 0 Å². The van der Waals surface area contributed by atoms with Crippen LogP contribution in [0, 0.1) is 13.2 Å². The fourth-order valence-corrected chi connectivity index (χ4v) is 0. The zero-order valence-corrected chi connectivity index (χ0v) is 3.28. The Balaban J connectivity index is -0.0000000133. The summed E-state index contributed by atoms with van der Waals surface area (Å²) in [5.41, 5.74) is 0. The molecule has 5 heavy (non-hydrogen) atoms. The standard InChI is InChI=1S/2C2H3.Be/c2*1-2;/h2*1H,2H2;/q2*-1;+2. The van der Waals surface area contributed by atoms with Gasteiger partial charge in [-0.1, -0.05) is 0 Å². The predicted octanol–water partition coefficient (Wildman–Crippen LogP) is 0.830. The smallest absolute Gasteiger partial charge is 0.521 e. The summed E-state index contributed by atoms with van der Waals surface area (Å²) in [6.45, 7) is 14.0. The second kappa shape index (κ2) is 208. The first-order valence-corrected chi connectivity index (χ1v) is 0.816. The van der Waals surface area contributed by atoms with E-state index in [0.717, 1.165) is 0 Å². The summed E-state index contributed by atoms with van der Waals surface area (Å²) in [5, 5.41) is 0. The molecule has 0 saturated heterocycles. The molecule has 0 aromatic carbocycles. The van der Waals surface area contributed by atoms with E-state index in [1.54, 1.807) is 0 Å². The van der Waals surface area contributed by atoms with Gasteiger partial charge in [-0.05, 0) is 0 Å². The number of hydrogen-bond donors (Lipinski definition) is 0. The molecule has 0 spiro atoms. The Morgan fingerprint density at radius 1 is 0.800 bits per heavy atom. The van der Waals surface area contributed by atoms with E-state index < -0.39 is 0 Å². The van der Waals surface area contributed by atoms with Gasteiger partial charge in [0.05, 0.1) is 0 Å². The first-order chi connectivity index (χ1) is 2.00. The molecule has 0 N–H and O–H groups in total. The summed E-state index contributed by atoms with van der Waals surface area (Å²) >= 11 is 0. The van der Waals surface area contributed by atoms with E-state index >= 15 is 0 Å². The monoisotopic (exact) mass is 63.1 g/mol. The molecule has 0 aromatic rings. The molecule has 0 radical (unpaired) electrons. The molecule has 0 rings (SSSR count). The largest absolute Gasteiger partial charge is 2.00 e. The van der Waals surface area contributed by atoms with Crippen LogP contribution in [0.4, 0.5) is 0 Å². The van der Waals surface area contributed by atoms with Crippen molar-refractivity contribution in [3.63, 3.8) is 0 Å². The van der Waals surface area contributed by atoms with Crippen molar-refractivity contribution < 1.29 is 0 Å². The summed E-state index contributed by atoms with van der Waals surface area (Å²) in [5.74, 6) is 0. The molecule has 0 fully saturated rings. The second-order valence-corrected chi connectivity index (χ2v) is 0. The molecule has 24 valence electrons. The van der Waals surface area contributed by atoms with Crippen molar-refractivity contribution in [2.45, 2.75) is 0 Å². The summed E-state index contributed by atoms with van der Waals surface area (Å²) < 4.78 is 0. The van der Waals surface area contributed by atoms with Gasteiger partial charge in [-0.25, -0.2) is 0 Å². The number of hydrogen-bond acceptors (Lipinski definition) is 0. The molecule has 0 heterocycles. The SMILES string of the molecule is [Be+2].[CH-]=C.[CH-]=C. The predicted molar refractivity (Wildman–Crippen MR) is 25.6 cm³/mol. The zero-order valence-electron chi connectivity index (χ0n) is 3.28. The van der Waals surface area contributed by atoms with E-state index in [0.29, 0.717) is 0 Å². The van der Waals surface area contributed by atoms with Gasteiger partial charge in [-0.3, -0.25) is 13.2 Å². The third-order valence-corrected chi connectivity index (χ3v) is 0. The van der Waals surface area contributed by atoms with Crippen LogP contribution in [0.15, 0.2) is 13.2 Å². The molecular formula is C4H6Be. The summed E-state index contributed by atoms with van der Waals surface area (Å²) in [4.78, 5) is 0. The Bertz CT molecular complexity index is 5.61. The van der Waals surface area contributed by atoms with Gasteiger partial charge >= 0.3 is 10.1 Å². The maximum Gasteiger partial charge on any atom is 2.00 e. The van der Waals surface area contributed by atoms with E-state index in [2.05, 4.69) is 26.3 Å². The first-order valence-electron chi connectivity index (χ1n) is 0.816. The summed E-state index contributed by atoms with van der Waals surface area (Å²) in [6, 6.07) is 0. The molecule has 0 bridgehead atoms. The van der Waals surface area contributed by atoms with E-state index in [-0.39, 0.29) is 10.1 Å². The average Bonchev–Trinajstić information content (AvgIpc) is 1.50. The Morgan fingerprint density at radius 2 is 0.800 bits per heavy atom. The van der Waals surface area contributed by atoms with Gasteiger partial charge in [-0.15, -0.1) is 0 Å². The molecule has 0 saturated carbocycles. The van der Waals surface area contributed by atoms with Crippen LogP contribution in [0.5, 0.6) is 0 Å².